The second kappa shape index (κ2) is 4.82. The SMILES string of the molecule is Cc1cnc([C@@H](C)NC(=O)c2c[nH]c(=O)cn2)[nH]1. The quantitative estimate of drug-likeness (QED) is 0.725. The van der Waals surface area contributed by atoms with Crippen LogP contribution in [0.15, 0.2) is 23.4 Å². The molecular weight excluding hydrogens is 234 g/mol. The van der Waals surface area contributed by atoms with Gasteiger partial charge in [-0.15, -0.1) is 0 Å². The van der Waals surface area contributed by atoms with Crippen molar-refractivity contribution in [1.82, 2.24) is 25.3 Å². The minimum absolute atomic E-state index is 0.157. The largest absolute Gasteiger partial charge is 0.344 e. The van der Waals surface area contributed by atoms with Crippen LogP contribution in [-0.4, -0.2) is 25.8 Å². The molecule has 7 heteroatoms. The molecular formula is C11H13N5O2. The van der Waals surface area contributed by atoms with Crippen molar-refractivity contribution in [3.05, 3.63) is 46.2 Å². The van der Waals surface area contributed by atoms with Crippen molar-refractivity contribution in [3.63, 3.8) is 0 Å². The Bertz CT molecular complexity index is 595. The van der Waals surface area contributed by atoms with E-state index in [-0.39, 0.29) is 23.2 Å². The fourth-order valence-corrected chi connectivity index (χ4v) is 1.46. The number of H-pyrrole nitrogens is 2. The van der Waals surface area contributed by atoms with Crippen molar-refractivity contribution in [2.75, 3.05) is 0 Å². The van der Waals surface area contributed by atoms with Crippen LogP contribution in [0.5, 0.6) is 0 Å². The van der Waals surface area contributed by atoms with Gasteiger partial charge in [0.15, 0.2) is 0 Å². The molecule has 0 aromatic carbocycles. The van der Waals surface area contributed by atoms with Crippen molar-refractivity contribution >= 4 is 5.91 Å². The molecule has 2 aromatic heterocycles. The summed E-state index contributed by atoms with van der Waals surface area (Å²) in [4.78, 5) is 35.9. The van der Waals surface area contributed by atoms with Gasteiger partial charge in [-0.1, -0.05) is 0 Å². The molecule has 0 aliphatic heterocycles. The third kappa shape index (κ3) is 2.62. The molecule has 0 fully saturated rings. The van der Waals surface area contributed by atoms with Gasteiger partial charge in [0.1, 0.15) is 11.5 Å². The Morgan fingerprint density at radius 1 is 1.39 bits per heavy atom. The number of aromatic nitrogens is 4. The Labute approximate surface area is 103 Å². The summed E-state index contributed by atoms with van der Waals surface area (Å²) in [6, 6.07) is -0.264. The maximum atomic E-state index is 11.8. The average Bonchev–Trinajstić information content (AvgIpc) is 2.76. The summed E-state index contributed by atoms with van der Waals surface area (Å²) in [7, 11) is 0. The lowest BCUT2D eigenvalue weighted by atomic mass is 10.3. The van der Waals surface area contributed by atoms with Crippen LogP contribution in [0.1, 0.15) is 35.0 Å². The molecule has 0 bridgehead atoms. The van der Waals surface area contributed by atoms with Gasteiger partial charge in [0, 0.05) is 18.1 Å². The number of hydrogen-bond donors (Lipinski definition) is 3. The zero-order valence-corrected chi connectivity index (χ0v) is 10.0. The molecule has 0 unspecified atom stereocenters. The van der Waals surface area contributed by atoms with Crippen LogP contribution >= 0.6 is 0 Å². The average molecular weight is 247 g/mol. The van der Waals surface area contributed by atoms with E-state index in [0.29, 0.717) is 5.82 Å². The molecule has 7 nitrogen and oxygen atoms in total. The number of hydrogen-bond acceptors (Lipinski definition) is 4. The first-order chi connectivity index (χ1) is 8.56. The van der Waals surface area contributed by atoms with Crippen LogP contribution in [0.4, 0.5) is 0 Å². The van der Waals surface area contributed by atoms with Crippen molar-refractivity contribution in [2.24, 2.45) is 0 Å². The normalized spacial score (nSPS) is 12.1. The maximum Gasteiger partial charge on any atom is 0.271 e. The summed E-state index contributed by atoms with van der Waals surface area (Å²) in [6.07, 6.45) is 4.03. The summed E-state index contributed by atoms with van der Waals surface area (Å²) in [6.45, 7) is 3.69. The summed E-state index contributed by atoms with van der Waals surface area (Å²) in [5.41, 5.74) is 0.735. The van der Waals surface area contributed by atoms with Crippen LogP contribution in [0, 0.1) is 6.92 Å². The molecule has 94 valence electrons. The van der Waals surface area contributed by atoms with Gasteiger partial charge in [0.25, 0.3) is 11.5 Å². The zero-order chi connectivity index (χ0) is 13.1. The third-order valence-corrected chi connectivity index (χ3v) is 2.38. The minimum Gasteiger partial charge on any atom is -0.344 e. The molecule has 0 radical (unpaired) electrons. The summed E-state index contributed by atoms with van der Waals surface area (Å²) < 4.78 is 0. The molecule has 0 saturated heterocycles. The number of aromatic amines is 2. The van der Waals surface area contributed by atoms with Gasteiger partial charge in [-0.25, -0.2) is 9.97 Å². The Kier molecular flexibility index (Phi) is 3.22. The van der Waals surface area contributed by atoms with E-state index >= 15 is 0 Å². The van der Waals surface area contributed by atoms with E-state index in [1.54, 1.807) is 6.20 Å². The van der Waals surface area contributed by atoms with Crippen molar-refractivity contribution in [2.45, 2.75) is 19.9 Å². The molecule has 1 atom stereocenters. The smallest absolute Gasteiger partial charge is 0.271 e. The third-order valence-electron chi connectivity index (χ3n) is 2.38. The molecule has 18 heavy (non-hydrogen) atoms. The lowest BCUT2D eigenvalue weighted by Crippen LogP contribution is -2.28. The predicted molar refractivity (Wildman–Crippen MR) is 64.1 cm³/mol. The summed E-state index contributed by atoms with van der Waals surface area (Å²) >= 11 is 0. The van der Waals surface area contributed by atoms with E-state index in [9.17, 15) is 9.59 Å². The molecule has 0 saturated carbocycles. The lowest BCUT2D eigenvalue weighted by molar-refractivity contribution is 0.0933. The fraction of sp³-hybridized carbons (Fsp3) is 0.273. The van der Waals surface area contributed by atoms with Crippen LogP contribution in [0.2, 0.25) is 0 Å². The molecule has 0 aliphatic rings. The number of nitrogens with zero attached hydrogens (tertiary/aromatic N) is 2. The number of rotatable bonds is 3. The second-order valence-electron chi connectivity index (χ2n) is 3.94. The minimum atomic E-state index is -0.368. The highest BCUT2D eigenvalue weighted by atomic mass is 16.2. The van der Waals surface area contributed by atoms with Gasteiger partial charge < -0.3 is 15.3 Å². The van der Waals surface area contributed by atoms with Gasteiger partial charge in [-0.2, -0.15) is 0 Å². The number of carbonyl (C=O) groups is 1. The monoisotopic (exact) mass is 247 g/mol. The lowest BCUT2D eigenvalue weighted by Gasteiger charge is -2.10. The Morgan fingerprint density at radius 2 is 2.17 bits per heavy atom. The molecule has 2 rings (SSSR count). The first-order valence-corrected chi connectivity index (χ1v) is 5.43. The number of imidazole rings is 1. The second-order valence-corrected chi connectivity index (χ2v) is 3.94. The number of aryl methyl sites for hydroxylation is 1. The first-order valence-electron chi connectivity index (χ1n) is 5.43. The highest BCUT2D eigenvalue weighted by Gasteiger charge is 2.14. The van der Waals surface area contributed by atoms with Gasteiger partial charge in [-0.3, -0.25) is 9.59 Å². The Morgan fingerprint density at radius 3 is 2.72 bits per heavy atom. The number of carbonyl (C=O) groups excluding carboxylic acids is 1. The van der Waals surface area contributed by atoms with E-state index in [1.807, 2.05) is 13.8 Å². The van der Waals surface area contributed by atoms with E-state index < -0.39 is 0 Å². The molecule has 0 aliphatic carbocycles. The zero-order valence-electron chi connectivity index (χ0n) is 10.0. The maximum absolute atomic E-state index is 11.8. The van der Waals surface area contributed by atoms with Gasteiger partial charge in [0.2, 0.25) is 0 Å². The number of amides is 1. The fourth-order valence-electron chi connectivity index (χ4n) is 1.46. The predicted octanol–water partition coefficient (Wildman–Crippen LogP) is 0.292. The summed E-state index contributed by atoms with van der Waals surface area (Å²) in [5, 5.41) is 2.73. The van der Waals surface area contributed by atoms with Gasteiger partial charge in [0.05, 0.1) is 12.2 Å². The summed E-state index contributed by atoms with van der Waals surface area (Å²) in [5.74, 6) is 0.304. The first kappa shape index (κ1) is 12.0. The van der Waals surface area contributed by atoms with E-state index in [1.165, 1.54) is 6.20 Å². The van der Waals surface area contributed by atoms with Crippen LogP contribution < -0.4 is 10.9 Å². The van der Waals surface area contributed by atoms with Gasteiger partial charge >= 0.3 is 0 Å². The molecule has 0 spiro atoms. The highest BCUT2D eigenvalue weighted by molar-refractivity contribution is 5.92. The van der Waals surface area contributed by atoms with E-state index in [4.69, 9.17) is 0 Å². The van der Waals surface area contributed by atoms with E-state index in [0.717, 1.165) is 11.9 Å². The topological polar surface area (TPSA) is 104 Å². The molecule has 2 heterocycles. The Hall–Kier alpha value is -2.44. The number of nitrogens with one attached hydrogen (secondary N) is 3. The highest BCUT2D eigenvalue weighted by Crippen LogP contribution is 2.08. The van der Waals surface area contributed by atoms with E-state index in [2.05, 4.69) is 25.3 Å². The molecule has 2 aromatic rings. The van der Waals surface area contributed by atoms with Crippen molar-refractivity contribution in [1.29, 1.82) is 0 Å². The molecule has 1 amide bonds. The van der Waals surface area contributed by atoms with Crippen LogP contribution in [0.3, 0.4) is 0 Å². The standard InChI is InChI=1S/C11H13N5O2/c1-6-3-14-10(15-6)7(2)16-11(18)8-4-13-9(17)5-12-8/h3-5,7H,1-2H3,(H,13,17)(H,14,15)(H,16,18)/t7-/m1/s1. The van der Waals surface area contributed by atoms with Crippen LogP contribution in [-0.2, 0) is 0 Å². The van der Waals surface area contributed by atoms with Crippen LogP contribution in [0.25, 0.3) is 0 Å². The van der Waals surface area contributed by atoms with Crippen molar-refractivity contribution < 1.29 is 4.79 Å². The molecule has 3 N–H and O–H groups in total. The van der Waals surface area contributed by atoms with Gasteiger partial charge in [-0.05, 0) is 13.8 Å². The Balaban J connectivity index is 2.07. The van der Waals surface area contributed by atoms with Crippen molar-refractivity contribution in [3.8, 4) is 0 Å².